The van der Waals surface area contributed by atoms with Gasteiger partial charge in [-0.1, -0.05) is 18.2 Å². The fraction of sp³-hybridized carbons (Fsp3) is 0.0769. The van der Waals surface area contributed by atoms with E-state index in [-0.39, 0.29) is 5.91 Å². The van der Waals surface area contributed by atoms with Gasteiger partial charge >= 0.3 is 0 Å². The Balaban J connectivity index is 2.24. The van der Waals surface area contributed by atoms with E-state index in [2.05, 4.69) is 5.32 Å². The van der Waals surface area contributed by atoms with Crippen molar-refractivity contribution >= 4 is 22.2 Å². The Morgan fingerprint density at radius 3 is 2.82 bits per heavy atom. The number of hydrogen-bond acceptors (Lipinski definition) is 3. The average Bonchev–Trinajstić information content (AvgIpc) is 2.76. The van der Waals surface area contributed by atoms with Gasteiger partial charge in [0.15, 0.2) is 0 Å². The van der Waals surface area contributed by atoms with Crippen LogP contribution >= 0.6 is 11.3 Å². The molecular weight excluding hydrogens is 232 g/mol. The quantitative estimate of drug-likeness (QED) is 0.879. The largest absolute Gasteiger partial charge is 0.312 e. The summed E-state index contributed by atoms with van der Waals surface area (Å²) in [6.07, 6.45) is 0. The van der Waals surface area contributed by atoms with Crippen molar-refractivity contribution in [1.82, 2.24) is 0 Å². The van der Waals surface area contributed by atoms with Gasteiger partial charge in [0.2, 0.25) is 0 Å². The maximum Gasteiger partial charge on any atom is 0.256 e. The van der Waals surface area contributed by atoms with Crippen molar-refractivity contribution in [2.24, 2.45) is 0 Å². The molecule has 2 rings (SSSR count). The predicted octanol–water partition coefficient (Wildman–Crippen LogP) is 3.18. The second-order valence-corrected chi connectivity index (χ2v) is 4.46. The zero-order chi connectivity index (χ0) is 12.3. The summed E-state index contributed by atoms with van der Waals surface area (Å²) >= 11 is 1.35. The summed E-state index contributed by atoms with van der Waals surface area (Å²) in [5.41, 5.74) is 2.04. The lowest BCUT2D eigenvalue weighted by molar-refractivity contribution is 0.102. The van der Waals surface area contributed by atoms with Crippen LogP contribution in [0.4, 0.5) is 5.00 Å². The lowest BCUT2D eigenvalue weighted by Crippen LogP contribution is -2.12. The van der Waals surface area contributed by atoms with Crippen LogP contribution in [0, 0.1) is 18.3 Å². The Labute approximate surface area is 103 Å². The zero-order valence-corrected chi connectivity index (χ0v) is 10.0. The van der Waals surface area contributed by atoms with E-state index in [9.17, 15) is 4.79 Å². The number of carbonyl (C=O) groups excluding carboxylic acids is 1. The van der Waals surface area contributed by atoms with E-state index in [0.717, 1.165) is 5.56 Å². The number of hydrogen-bond donors (Lipinski definition) is 1. The molecule has 0 aliphatic rings. The summed E-state index contributed by atoms with van der Waals surface area (Å²) in [6, 6.07) is 11.1. The van der Waals surface area contributed by atoms with Gasteiger partial charge in [-0.2, -0.15) is 5.26 Å². The van der Waals surface area contributed by atoms with Gasteiger partial charge in [-0.25, -0.2) is 0 Å². The maximum atomic E-state index is 12.0. The van der Waals surface area contributed by atoms with Crippen LogP contribution in [0.5, 0.6) is 0 Å². The van der Waals surface area contributed by atoms with Crippen LogP contribution in [0.25, 0.3) is 0 Å². The topological polar surface area (TPSA) is 52.9 Å². The minimum absolute atomic E-state index is 0.179. The maximum absolute atomic E-state index is 12.0. The lowest BCUT2D eigenvalue weighted by atomic mass is 10.1. The molecule has 1 amide bonds. The summed E-state index contributed by atoms with van der Waals surface area (Å²) < 4.78 is 0. The summed E-state index contributed by atoms with van der Waals surface area (Å²) in [5.74, 6) is -0.179. The van der Waals surface area contributed by atoms with Crippen LogP contribution < -0.4 is 5.32 Å². The van der Waals surface area contributed by atoms with Crippen LogP contribution in [-0.4, -0.2) is 5.91 Å². The lowest BCUT2D eigenvalue weighted by Gasteiger charge is -2.05. The van der Waals surface area contributed by atoms with Gasteiger partial charge in [0.1, 0.15) is 11.1 Å². The molecule has 0 bridgehead atoms. The van der Waals surface area contributed by atoms with E-state index in [0.29, 0.717) is 16.1 Å². The van der Waals surface area contributed by atoms with Gasteiger partial charge < -0.3 is 5.32 Å². The number of amides is 1. The van der Waals surface area contributed by atoms with Crippen molar-refractivity contribution in [2.45, 2.75) is 6.92 Å². The summed E-state index contributed by atoms with van der Waals surface area (Å²) in [6.45, 7) is 1.88. The molecule has 0 aliphatic heterocycles. The number of anilines is 1. The third kappa shape index (κ3) is 2.35. The second-order valence-electron chi connectivity index (χ2n) is 3.54. The number of carbonyl (C=O) groups is 1. The monoisotopic (exact) mass is 242 g/mol. The average molecular weight is 242 g/mol. The summed E-state index contributed by atoms with van der Waals surface area (Å²) in [5, 5.41) is 14.0. The van der Waals surface area contributed by atoms with Crippen LogP contribution in [0.15, 0.2) is 35.7 Å². The smallest absolute Gasteiger partial charge is 0.256 e. The number of nitriles is 1. The van der Waals surface area contributed by atoms with Gasteiger partial charge in [0, 0.05) is 5.56 Å². The number of nitrogens with zero attached hydrogens (tertiary/aromatic N) is 1. The van der Waals surface area contributed by atoms with Crippen molar-refractivity contribution < 1.29 is 4.79 Å². The molecule has 1 N–H and O–H groups in total. The van der Waals surface area contributed by atoms with E-state index in [1.807, 2.05) is 31.2 Å². The first kappa shape index (κ1) is 11.4. The highest BCUT2D eigenvalue weighted by molar-refractivity contribution is 7.14. The Bertz CT molecular complexity index is 595. The molecule has 84 valence electrons. The Morgan fingerprint density at radius 1 is 1.35 bits per heavy atom. The third-order valence-corrected chi connectivity index (χ3v) is 3.23. The van der Waals surface area contributed by atoms with Gasteiger partial charge in [-0.05, 0) is 30.0 Å². The van der Waals surface area contributed by atoms with Crippen LogP contribution in [0.1, 0.15) is 21.5 Å². The van der Waals surface area contributed by atoms with Crippen molar-refractivity contribution in [3.8, 4) is 6.07 Å². The molecule has 4 heteroatoms. The highest BCUT2D eigenvalue weighted by Crippen LogP contribution is 2.23. The Morgan fingerprint density at radius 2 is 2.12 bits per heavy atom. The molecule has 0 fully saturated rings. The Hall–Kier alpha value is -2.12. The highest BCUT2D eigenvalue weighted by Gasteiger charge is 2.11. The normalized spacial score (nSPS) is 9.65. The van der Waals surface area contributed by atoms with E-state index in [1.54, 1.807) is 17.5 Å². The van der Waals surface area contributed by atoms with Crippen LogP contribution in [-0.2, 0) is 0 Å². The summed E-state index contributed by atoms with van der Waals surface area (Å²) in [4.78, 5) is 12.0. The molecule has 0 radical (unpaired) electrons. The number of nitrogens with one attached hydrogen (secondary N) is 1. The Kier molecular flexibility index (Phi) is 3.22. The molecule has 0 saturated heterocycles. The number of thiophene rings is 1. The van der Waals surface area contributed by atoms with Crippen molar-refractivity contribution in [2.75, 3.05) is 5.32 Å². The van der Waals surface area contributed by atoms with E-state index < -0.39 is 0 Å². The SMILES string of the molecule is Cc1ccccc1C(=O)Nc1sccc1C#N. The molecule has 2 aromatic rings. The molecule has 0 saturated carbocycles. The molecular formula is C13H10N2OS. The first-order valence-corrected chi connectivity index (χ1v) is 5.95. The molecule has 0 spiro atoms. The predicted molar refractivity (Wildman–Crippen MR) is 68.2 cm³/mol. The van der Waals surface area contributed by atoms with Gasteiger partial charge in [0.05, 0.1) is 5.56 Å². The highest BCUT2D eigenvalue weighted by atomic mass is 32.1. The third-order valence-electron chi connectivity index (χ3n) is 2.40. The van der Waals surface area contributed by atoms with Gasteiger partial charge in [-0.3, -0.25) is 4.79 Å². The van der Waals surface area contributed by atoms with Crippen molar-refractivity contribution in [3.63, 3.8) is 0 Å². The summed E-state index contributed by atoms with van der Waals surface area (Å²) in [7, 11) is 0. The van der Waals surface area contributed by atoms with Gasteiger partial charge in [0.25, 0.3) is 5.91 Å². The van der Waals surface area contributed by atoms with E-state index >= 15 is 0 Å². The standard InChI is InChI=1S/C13H10N2OS/c1-9-4-2-3-5-11(9)12(16)15-13-10(8-14)6-7-17-13/h2-7H,1H3,(H,15,16). The molecule has 0 aliphatic carbocycles. The van der Waals surface area contributed by atoms with Gasteiger partial charge in [-0.15, -0.1) is 11.3 Å². The van der Waals surface area contributed by atoms with E-state index in [1.165, 1.54) is 11.3 Å². The molecule has 17 heavy (non-hydrogen) atoms. The van der Waals surface area contributed by atoms with Crippen molar-refractivity contribution in [3.05, 3.63) is 52.4 Å². The molecule has 0 atom stereocenters. The molecule has 1 aromatic heterocycles. The molecule has 0 unspecified atom stereocenters. The first-order chi connectivity index (χ1) is 8.22. The number of benzene rings is 1. The van der Waals surface area contributed by atoms with Crippen LogP contribution in [0.3, 0.4) is 0 Å². The van der Waals surface area contributed by atoms with Crippen molar-refractivity contribution in [1.29, 1.82) is 5.26 Å². The van der Waals surface area contributed by atoms with Crippen LogP contribution in [0.2, 0.25) is 0 Å². The first-order valence-electron chi connectivity index (χ1n) is 5.07. The fourth-order valence-electron chi connectivity index (χ4n) is 1.49. The minimum atomic E-state index is -0.179. The molecule has 1 heterocycles. The minimum Gasteiger partial charge on any atom is -0.312 e. The second kappa shape index (κ2) is 4.81. The fourth-order valence-corrected chi connectivity index (χ4v) is 2.22. The number of rotatable bonds is 2. The number of aryl methyl sites for hydroxylation is 1. The molecule has 3 nitrogen and oxygen atoms in total. The zero-order valence-electron chi connectivity index (χ0n) is 9.23. The molecule has 1 aromatic carbocycles. The van der Waals surface area contributed by atoms with E-state index in [4.69, 9.17) is 5.26 Å².